The first-order valence-electron chi connectivity index (χ1n) is 6.74. The first-order chi connectivity index (χ1) is 11.5. The molecule has 2 aromatic carbocycles. The zero-order valence-corrected chi connectivity index (χ0v) is 13.0. The van der Waals surface area contributed by atoms with E-state index in [0.717, 1.165) is 6.07 Å². The highest BCUT2D eigenvalue weighted by Gasteiger charge is 2.10. The number of halogens is 1. The number of benzene rings is 2. The maximum absolute atomic E-state index is 11.8. The fourth-order valence-corrected chi connectivity index (χ4v) is 1.89. The van der Waals surface area contributed by atoms with Gasteiger partial charge in [0, 0.05) is 40.6 Å². The van der Waals surface area contributed by atoms with Crippen LogP contribution < -0.4 is 10.9 Å². The summed E-state index contributed by atoms with van der Waals surface area (Å²) in [5.74, 6) is -0.842. The van der Waals surface area contributed by atoms with Crippen molar-refractivity contribution in [3.05, 3.63) is 87.1 Å². The molecule has 0 fully saturated rings. The smallest absolute Gasteiger partial charge is 0.270 e. The number of nitro groups is 1. The number of amides is 1. The molecule has 0 heterocycles. The molecule has 2 aromatic rings. The lowest BCUT2D eigenvalue weighted by Gasteiger charge is -2.04. The van der Waals surface area contributed by atoms with E-state index in [4.69, 9.17) is 11.6 Å². The average Bonchev–Trinajstić information content (AvgIpc) is 2.59. The zero-order valence-electron chi connectivity index (χ0n) is 12.2. The Bertz CT molecular complexity index is 803. The molecular formula is C16H12ClN3O4. The number of nitrogens with one attached hydrogen (secondary N) is 2. The summed E-state index contributed by atoms with van der Waals surface area (Å²) in [5, 5.41) is 11.2. The lowest BCUT2D eigenvalue weighted by Crippen LogP contribution is -2.33. The molecule has 0 unspecified atom stereocenters. The van der Waals surface area contributed by atoms with Gasteiger partial charge in [-0.05, 0) is 30.3 Å². The van der Waals surface area contributed by atoms with E-state index in [-0.39, 0.29) is 17.0 Å². The maximum Gasteiger partial charge on any atom is 0.270 e. The average molecular weight is 346 g/mol. The zero-order chi connectivity index (χ0) is 17.5. The number of nitro benzene ring substituents is 1. The van der Waals surface area contributed by atoms with Gasteiger partial charge in [-0.15, -0.1) is 0 Å². The van der Waals surface area contributed by atoms with Crippen molar-refractivity contribution in [2.45, 2.75) is 0 Å². The highest BCUT2D eigenvalue weighted by atomic mass is 35.5. The molecule has 2 N–H and O–H groups in total. The number of hydrogen-bond donors (Lipinski definition) is 2. The summed E-state index contributed by atoms with van der Waals surface area (Å²) in [6, 6.07) is 11.6. The molecule has 0 atom stereocenters. The van der Waals surface area contributed by atoms with Gasteiger partial charge in [-0.25, -0.2) is 0 Å². The van der Waals surface area contributed by atoms with Crippen LogP contribution >= 0.6 is 11.6 Å². The Morgan fingerprint density at radius 1 is 1.08 bits per heavy atom. The number of hydrogen-bond acceptors (Lipinski definition) is 5. The second kappa shape index (κ2) is 7.89. The lowest BCUT2D eigenvalue weighted by atomic mass is 10.1. The molecule has 8 heteroatoms. The predicted molar refractivity (Wildman–Crippen MR) is 88.6 cm³/mol. The number of non-ortho nitro benzene ring substituents is 1. The van der Waals surface area contributed by atoms with Crippen molar-refractivity contribution in [1.82, 2.24) is 10.9 Å². The van der Waals surface area contributed by atoms with E-state index in [1.165, 1.54) is 30.5 Å². The van der Waals surface area contributed by atoms with Crippen molar-refractivity contribution >= 4 is 29.0 Å². The van der Waals surface area contributed by atoms with Crippen LogP contribution in [0.3, 0.4) is 0 Å². The number of carbonyl (C=O) groups excluding carboxylic acids is 2. The summed E-state index contributed by atoms with van der Waals surface area (Å²) in [5.41, 5.74) is 5.14. The van der Waals surface area contributed by atoms with Crippen LogP contribution in [0.1, 0.15) is 20.7 Å². The van der Waals surface area contributed by atoms with Crippen molar-refractivity contribution in [3.8, 4) is 0 Å². The summed E-state index contributed by atoms with van der Waals surface area (Å²) < 4.78 is 0. The van der Waals surface area contributed by atoms with Crippen molar-refractivity contribution in [2.75, 3.05) is 0 Å². The van der Waals surface area contributed by atoms with Gasteiger partial charge < -0.3 is 5.43 Å². The molecule has 24 heavy (non-hydrogen) atoms. The van der Waals surface area contributed by atoms with Crippen molar-refractivity contribution in [3.63, 3.8) is 0 Å². The van der Waals surface area contributed by atoms with E-state index in [1.54, 1.807) is 24.3 Å². The fourth-order valence-electron chi connectivity index (χ4n) is 1.77. The highest BCUT2D eigenvalue weighted by Crippen LogP contribution is 2.12. The minimum Gasteiger partial charge on any atom is -0.305 e. The van der Waals surface area contributed by atoms with Gasteiger partial charge in [0.25, 0.3) is 11.6 Å². The lowest BCUT2D eigenvalue weighted by molar-refractivity contribution is -0.384. The van der Waals surface area contributed by atoms with Crippen LogP contribution in [0.4, 0.5) is 5.69 Å². The third kappa shape index (κ3) is 4.65. The van der Waals surface area contributed by atoms with Crippen LogP contribution in [0.5, 0.6) is 0 Å². The molecule has 7 nitrogen and oxygen atoms in total. The van der Waals surface area contributed by atoms with Gasteiger partial charge in [0.05, 0.1) is 4.92 Å². The monoisotopic (exact) mass is 345 g/mol. The number of hydrazine groups is 1. The highest BCUT2D eigenvalue weighted by molar-refractivity contribution is 6.30. The second-order valence-electron chi connectivity index (χ2n) is 4.61. The fraction of sp³-hybridized carbons (Fsp3) is 0. The molecule has 2 rings (SSSR count). The summed E-state index contributed by atoms with van der Waals surface area (Å²) in [6.07, 6.45) is 2.49. The summed E-state index contributed by atoms with van der Waals surface area (Å²) in [7, 11) is 0. The van der Waals surface area contributed by atoms with Crippen LogP contribution in [-0.2, 0) is 0 Å². The van der Waals surface area contributed by atoms with Gasteiger partial charge in [0.1, 0.15) is 0 Å². The van der Waals surface area contributed by atoms with E-state index < -0.39 is 10.8 Å². The number of allylic oxidation sites excluding steroid dienone is 1. The Kier molecular flexibility index (Phi) is 5.64. The quantitative estimate of drug-likeness (QED) is 0.363. The third-order valence-corrected chi connectivity index (χ3v) is 3.20. The van der Waals surface area contributed by atoms with Crippen molar-refractivity contribution < 1.29 is 14.5 Å². The van der Waals surface area contributed by atoms with Crippen LogP contribution in [0, 0.1) is 10.1 Å². The topological polar surface area (TPSA) is 101 Å². The maximum atomic E-state index is 11.8. The van der Waals surface area contributed by atoms with Gasteiger partial charge in [0.15, 0.2) is 5.78 Å². The molecule has 0 aliphatic heterocycles. The van der Waals surface area contributed by atoms with Gasteiger partial charge >= 0.3 is 0 Å². The van der Waals surface area contributed by atoms with Crippen LogP contribution in [0.2, 0.25) is 5.02 Å². The van der Waals surface area contributed by atoms with E-state index in [9.17, 15) is 19.7 Å². The van der Waals surface area contributed by atoms with E-state index >= 15 is 0 Å². The number of rotatable bonds is 6. The molecule has 0 spiro atoms. The molecule has 0 aliphatic carbocycles. The van der Waals surface area contributed by atoms with Crippen molar-refractivity contribution in [2.24, 2.45) is 0 Å². The first-order valence-corrected chi connectivity index (χ1v) is 7.12. The Morgan fingerprint density at radius 2 is 1.79 bits per heavy atom. The molecule has 0 saturated carbocycles. The molecule has 0 aromatic heterocycles. The molecule has 122 valence electrons. The van der Waals surface area contributed by atoms with Crippen LogP contribution in [0.15, 0.2) is 60.8 Å². The normalized spacial score (nSPS) is 10.4. The van der Waals surface area contributed by atoms with Gasteiger partial charge in [-0.2, -0.15) is 0 Å². The SMILES string of the molecule is O=C(/C=C/NNC(=O)c1cccc([N+](=O)[O-])c1)c1ccc(Cl)cc1. The molecular weight excluding hydrogens is 334 g/mol. The van der Waals surface area contributed by atoms with Gasteiger partial charge in [0.2, 0.25) is 0 Å². The van der Waals surface area contributed by atoms with Gasteiger partial charge in [-0.3, -0.25) is 25.1 Å². The van der Waals surface area contributed by atoms with Gasteiger partial charge in [-0.1, -0.05) is 17.7 Å². The van der Waals surface area contributed by atoms with Crippen molar-refractivity contribution in [1.29, 1.82) is 0 Å². The summed E-state index contributed by atoms with van der Waals surface area (Å²) in [6.45, 7) is 0. The van der Waals surface area contributed by atoms with E-state index in [0.29, 0.717) is 10.6 Å². The molecule has 0 bridgehead atoms. The minimum atomic E-state index is -0.588. The standard InChI is InChI=1S/C16H12ClN3O4/c17-13-6-4-11(5-7-13)15(21)8-9-18-19-16(22)12-2-1-3-14(10-12)20(23)24/h1-10,18H,(H,19,22)/b9-8+. The summed E-state index contributed by atoms with van der Waals surface area (Å²) in [4.78, 5) is 33.8. The largest absolute Gasteiger partial charge is 0.305 e. The van der Waals surface area contributed by atoms with E-state index in [2.05, 4.69) is 10.9 Å². The predicted octanol–water partition coefficient (Wildman–Crippen LogP) is 2.88. The number of nitrogens with zero attached hydrogens (tertiary/aromatic N) is 1. The Labute approximate surface area is 142 Å². The molecule has 0 radical (unpaired) electrons. The Hall–Kier alpha value is -3.19. The molecule has 0 aliphatic rings. The van der Waals surface area contributed by atoms with E-state index in [1.807, 2.05) is 0 Å². The summed E-state index contributed by atoms with van der Waals surface area (Å²) >= 11 is 5.74. The van der Waals surface area contributed by atoms with Crippen LogP contribution in [-0.4, -0.2) is 16.6 Å². The molecule has 1 amide bonds. The third-order valence-electron chi connectivity index (χ3n) is 2.95. The minimum absolute atomic E-state index is 0.120. The first kappa shape index (κ1) is 17.2. The number of carbonyl (C=O) groups is 2. The second-order valence-corrected chi connectivity index (χ2v) is 5.05. The number of ketones is 1. The Morgan fingerprint density at radius 3 is 2.46 bits per heavy atom. The molecule has 0 saturated heterocycles. The van der Waals surface area contributed by atoms with Crippen LogP contribution in [0.25, 0.3) is 0 Å². The Balaban J connectivity index is 1.90.